The van der Waals surface area contributed by atoms with E-state index >= 15 is 0 Å². The first-order valence-corrected chi connectivity index (χ1v) is 17.5. The maximum Gasteiger partial charge on any atom is 0.139 e. The van der Waals surface area contributed by atoms with Crippen molar-refractivity contribution in [3.63, 3.8) is 0 Å². The minimum atomic E-state index is -0.465. The smallest absolute Gasteiger partial charge is 0.139 e. The van der Waals surface area contributed by atoms with Crippen LogP contribution in [-0.2, 0) is 10.8 Å². The number of benzene rings is 8. The molecule has 2 atom stereocenters. The van der Waals surface area contributed by atoms with Crippen molar-refractivity contribution in [1.82, 2.24) is 0 Å². The van der Waals surface area contributed by atoms with Gasteiger partial charge in [0.15, 0.2) is 0 Å². The molecule has 234 valence electrons. The summed E-state index contributed by atoms with van der Waals surface area (Å²) in [5.41, 5.74) is 15.6. The molecule has 1 spiro atoms. The van der Waals surface area contributed by atoms with Crippen molar-refractivity contribution in [2.24, 2.45) is 0 Å². The van der Waals surface area contributed by atoms with Gasteiger partial charge in [-0.25, -0.2) is 0 Å². The molecule has 8 aromatic rings. The van der Waals surface area contributed by atoms with Crippen LogP contribution in [0, 0.1) is 0 Å². The zero-order chi connectivity index (χ0) is 33.0. The number of para-hydroxylation sites is 2. The van der Waals surface area contributed by atoms with Crippen molar-refractivity contribution in [3.8, 4) is 44.9 Å². The Kier molecular flexibility index (Phi) is 5.51. The van der Waals surface area contributed by atoms with Crippen molar-refractivity contribution in [1.29, 1.82) is 0 Å². The summed E-state index contributed by atoms with van der Waals surface area (Å²) in [6.07, 6.45) is 0. The van der Waals surface area contributed by atoms with Crippen LogP contribution in [0.25, 0.3) is 44.2 Å². The Balaban J connectivity index is 1.24. The van der Waals surface area contributed by atoms with Crippen LogP contribution in [0.5, 0.6) is 11.5 Å². The molecule has 0 saturated heterocycles. The van der Waals surface area contributed by atoms with Crippen LogP contribution >= 0.6 is 0 Å². The van der Waals surface area contributed by atoms with E-state index in [2.05, 4.69) is 183 Å². The second kappa shape index (κ2) is 9.94. The highest BCUT2D eigenvalue weighted by Crippen LogP contribution is 2.64. The lowest BCUT2D eigenvalue weighted by molar-refractivity contribution is 0.429. The topological polar surface area (TPSA) is 9.23 Å². The maximum atomic E-state index is 7.01. The molecular weight excluding hydrogens is 605 g/mol. The van der Waals surface area contributed by atoms with E-state index < -0.39 is 5.41 Å². The molecule has 2 unspecified atom stereocenters. The fourth-order valence-electron chi connectivity index (χ4n) is 9.76. The molecule has 0 N–H and O–H groups in total. The van der Waals surface area contributed by atoms with E-state index in [1.54, 1.807) is 0 Å². The molecule has 1 aliphatic heterocycles. The first-order chi connectivity index (χ1) is 24.7. The van der Waals surface area contributed by atoms with Crippen LogP contribution in [-0.4, -0.2) is 0 Å². The molecule has 0 bridgehead atoms. The average Bonchev–Trinajstić information content (AvgIpc) is 3.48. The molecule has 0 radical (unpaired) electrons. The van der Waals surface area contributed by atoms with Crippen LogP contribution in [0.4, 0.5) is 0 Å². The highest BCUT2D eigenvalue weighted by Gasteiger charge is 2.51. The minimum Gasteiger partial charge on any atom is -0.456 e. The fraction of sp³-hybridized carbons (Fsp3) is 0.0612. The lowest BCUT2D eigenvalue weighted by Gasteiger charge is -2.40. The summed E-state index contributed by atoms with van der Waals surface area (Å²) in [7, 11) is 0. The predicted octanol–water partition coefficient (Wildman–Crippen LogP) is 12.3. The average molecular weight is 637 g/mol. The molecular formula is C49H32O. The summed E-state index contributed by atoms with van der Waals surface area (Å²) in [4.78, 5) is 0. The molecule has 50 heavy (non-hydrogen) atoms. The Morgan fingerprint density at radius 3 is 1.74 bits per heavy atom. The summed E-state index contributed by atoms with van der Waals surface area (Å²) in [5.74, 6) is 1.84. The van der Waals surface area contributed by atoms with Crippen molar-refractivity contribution >= 4 is 10.8 Å². The zero-order valence-electron chi connectivity index (χ0n) is 27.7. The second-order valence-corrected chi connectivity index (χ2v) is 14.1. The van der Waals surface area contributed by atoms with Gasteiger partial charge in [-0.05, 0) is 79.4 Å². The van der Waals surface area contributed by atoms with Crippen LogP contribution in [0.1, 0.15) is 45.9 Å². The summed E-state index contributed by atoms with van der Waals surface area (Å²) >= 11 is 0. The number of hydrogen-bond donors (Lipinski definition) is 0. The van der Waals surface area contributed by atoms with Gasteiger partial charge in [-0.3, -0.25) is 0 Å². The Hall–Kier alpha value is -6.18. The monoisotopic (exact) mass is 636 g/mol. The fourth-order valence-corrected chi connectivity index (χ4v) is 9.76. The third-order valence-electron chi connectivity index (χ3n) is 11.8. The molecule has 1 heteroatoms. The van der Waals surface area contributed by atoms with E-state index in [1.165, 1.54) is 77.5 Å². The summed E-state index contributed by atoms with van der Waals surface area (Å²) < 4.78 is 7.01. The van der Waals surface area contributed by atoms with E-state index in [0.717, 1.165) is 17.1 Å². The Morgan fingerprint density at radius 2 is 0.920 bits per heavy atom. The third-order valence-corrected chi connectivity index (χ3v) is 11.8. The zero-order valence-corrected chi connectivity index (χ0v) is 27.7. The van der Waals surface area contributed by atoms with Crippen LogP contribution < -0.4 is 4.74 Å². The lowest BCUT2D eigenvalue weighted by atomic mass is 9.61. The van der Waals surface area contributed by atoms with E-state index in [9.17, 15) is 0 Å². The standard InChI is InChI=1S/C49H32O/c1-48(32-17-3-2-4-18-32)40-26-9-10-30-44(40)50-47-36(23-14-29-43(47)48)35-22-13-28-42-46(35)37-20-6-8-25-39(37)49(42)38-24-7-5-19-33(38)34-21-11-15-31-16-12-27-41(49)45(31)34/h2-30H,1H3. The Bertz CT molecular complexity index is 2700. The molecule has 0 aromatic heterocycles. The van der Waals surface area contributed by atoms with E-state index in [-0.39, 0.29) is 5.41 Å². The van der Waals surface area contributed by atoms with Gasteiger partial charge in [0.1, 0.15) is 11.5 Å². The van der Waals surface area contributed by atoms with Crippen LogP contribution in [0.15, 0.2) is 176 Å². The van der Waals surface area contributed by atoms with Crippen molar-refractivity contribution in [2.45, 2.75) is 17.8 Å². The molecule has 11 rings (SSSR count). The SMILES string of the molecule is CC1(c2ccccc2)c2ccccc2Oc2c(-c3cccc4c3-c3ccccc3C43c4ccccc4-c4cccc5cccc3c45)cccc21. The predicted molar refractivity (Wildman–Crippen MR) is 204 cm³/mol. The number of rotatable bonds is 2. The van der Waals surface area contributed by atoms with Crippen molar-refractivity contribution < 1.29 is 4.74 Å². The number of fused-ring (bicyclic) bond motifs is 11. The van der Waals surface area contributed by atoms with Gasteiger partial charge in [0.2, 0.25) is 0 Å². The van der Waals surface area contributed by atoms with Gasteiger partial charge in [0.05, 0.1) is 5.41 Å². The molecule has 0 saturated carbocycles. The van der Waals surface area contributed by atoms with Crippen LogP contribution in [0.2, 0.25) is 0 Å². The molecule has 3 aliphatic rings. The molecule has 1 heterocycles. The molecule has 0 amide bonds. The Labute approximate surface area is 292 Å². The van der Waals surface area contributed by atoms with Gasteiger partial charge in [-0.2, -0.15) is 0 Å². The second-order valence-electron chi connectivity index (χ2n) is 14.1. The number of ether oxygens (including phenoxy) is 1. The normalized spacial score (nSPS) is 18.8. The van der Waals surface area contributed by atoms with Gasteiger partial charge in [0, 0.05) is 22.1 Å². The highest BCUT2D eigenvalue weighted by atomic mass is 16.5. The lowest BCUT2D eigenvalue weighted by Crippen LogP contribution is -2.31. The van der Waals surface area contributed by atoms with Gasteiger partial charge >= 0.3 is 0 Å². The highest BCUT2D eigenvalue weighted by molar-refractivity contribution is 6.08. The van der Waals surface area contributed by atoms with Gasteiger partial charge in [-0.15, -0.1) is 0 Å². The van der Waals surface area contributed by atoms with Crippen LogP contribution in [0.3, 0.4) is 0 Å². The minimum absolute atomic E-state index is 0.389. The first-order valence-electron chi connectivity index (χ1n) is 17.5. The summed E-state index contributed by atoms with van der Waals surface area (Å²) in [5, 5.41) is 2.62. The largest absolute Gasteiger partial charge is 0.456 e. The molecule has 2 aliphatic carbocycles. The molecule has 8 aromatic carbocycles. The van der Waals surface area contributed by atoms with E-state index in [1.807, 2.05) is 0 Å². The van der Waals surface area contributed by atoms with Gasteiger partial charge in [0.25, 0.3) is 0 Å². The van der Waals surface area contributed by atoms with E-state index in [0.29, 0.717) is 0 Å². The summed E-state index contributed by atoms with van der Waals surface area (Å²) in [6, 6.07) is 64.9. The van der Waals surface area contributed by atoms with Crippen molar-refractivity contribution in [3.05, 3.63) is 215 Å². The van der Waals surface area contributed by atoms with Gasteiger partial charge in [-0.1, -0.05) is 170 Å². The van der Waals surface area contributed by atoms with E-state index in [4.69, 9.17) is 4.74 Å². The number of hydrogen-bond acceptors (Lipinski definition) is 1. The Morgan fingerprint density at radius 1 is 0.380 bits per heavy atom. The quantitative estimate of drug-likeness (QED) is 0.183. The third kappa shape index (κ3) is 3.32. The summed E-state index contributed by atoms with van der Waals surface area (Å²) in [6.45, 7) is 2.35. The van der Waals surface area contributed by atoms with Crippen molar-refractivity contribution in [2.75, 3.05) is 0 Å². The molecule has 1 nitrogen and oxygen atoms in total. The first kappa shape index (κ1) is 27.7. The van der Waals surface area contributed by atoms with Gasteiger partial charge < -0.3 is 4.74 Å². The molecule has 0 fully saturated rings. The maximum absolute atomic E-state index is 7.01.